The van der Waals surface area contributed by atoms with Gasteiger partial charge in [-0.15, -0.1) is 0 Å². The second-order valence-electron chi connectivity index (χ2n) is 7.92. The Kier molecular flexibility index (Phi) is 4.83. The van der Waals surface area contributed by atoms with Crippen molar-refractivity contribution >= 4 is 11.8 Å². The van der Waals surface area contributed by atoms with Crippen LogP contribution >= 0.6 is 0 Å². The average Bonchev–Trinajstić information content (AvgIpc) is 3.12. The number of rotatable bonds is 3. The number of nitrogens with one attached hydrogen (secondary N) is 1. The number of hydrogen-bond donors (Lipinski definition) is 1. The van der Waals surface area contributed by atoms with Crippen molar-refractivity contribution in [3.05, 3.63) is 52.4 Å². The SMILES string of the molecule is CCN1C[C@@]2(CCCN(C(=O)c3cc(=O)n(-c4ccccc4)[nH]3)C2)CCC1=O. The lowest BCUT2D eigenvalue weighted by molar-refractivity contribution is -0.138. The third kappa shape index (κ3) is 3.37. The van der Waals surface area contributed by atoms with Crippen molar-refractivity contribution in [2.45, 2.75) is 32.6 Å². The van der Waals surface area contributed by atoms with Gasteiger partial charge in [0.25, 0.3) is 11.5 Å². The van der Waals surface area contributed by atoms with E-state index in [9.17, 15) is 14.4 Å². The molecule has 148 valence electrons. The van der Waals surface area contributed by atoms with Crippen LogP contribution in [-0.4, -0.2) is 57.6 Å². The fraction of sp³-hybridized carbons (Fsp3) is 0.476. The summed E-state index contributed by atoms with van der Waals surface area (Å²) in [6.45, 7) is 4.74. The van der Waals surface area contributed by atoms with Crippen LogP contribution < -0.4 is 5.56 Å². The normalized spacial score (nSPS) is 22.7. The number of hydrogen-bond acceptors (Lipinski definition) is 3. The molecule has 0 bridgehead atoms. The summed E-state index contributed by atoms with van der Waals surface area (Å²) < 4.78 is 1.39. The number of likely N-dealkylation sites (tertiary alicyclic amines) is 2. The number of aromatic nitrogens is 2. The monoisotopic (exact) mass is 382 g/mol. The van der Waals surface area contributed by atoms with E-state index in [-0.39, 0.29) is 22.8 Å². The van der Waals surface area contributed by atoms with Crippen LogP contribution in [0.2, 0.25) is 0 Å². The zero-order valence-electron chi connectivity index (χ0n) is 16.2. The Labute approximate surface area is 163 Å². The minimum atomic E-state index is -0.248. The zero-order chi connectivity index (χ0) is 19.7. The van der Waals surface area contributed by atoms with Crippen LogP contribution in [0.3, 0.4) is 0 Å². The summed E-state index contributed by atoms with van der Waals surface area (Å²) in [4.78, 5) is 41.3. The molecule has 7 heteroatoms. The second-order valence-corrected chi connectivity index (χ2v) is 7.92. The molecule has 1 N–H and O–H groups in total. The number of piperidine rings is 2. The summed E-state index contributed by atoms with van der Waals surface area (Å²) in [7, 11) is 0. The molecule has 0 aliphatic carbocycles. The first-order valence-corrected chi connectivity index (χ1v) is 9.96. The zero-order valence-corrected chi connectivity index (χ0v) is 16.2. The van der Waals surface area contributed by atoms with E-state index >= 15 is 0 Å². The molecule has 2 saturated heterocycles. The number of benzene rings is 1. The smallest absolute Gasteiger partial charge is 0.271 e. The largest absolute Gasteiger partial charge is 0.342 e. The Morgan fingerprint density at radius 1 is 1.14 bits per heavy atom. The highest BCUT2D eigenvalue weighted by atomic mass is 16.2. The Morgan fingerprint density at radius 2 is 1.93 bits per heavy atom. The van der Waals surface area contributed by atoms with Crippen molar-refractivity contribution in [3.8, 4) is 5.69 Å². The molecule has 2 aliphatic rings. The van der Waals surface area contributed by atoms with E-state index in [4.69, 9.17) is 0 Å². The highest BCUT2D eigenvalue weighted by Crippen LogP contribution is 2.39. The van der Waals surface area contributed by atoms with Gasteiger partial charge in [-0.25, -0.2) is 4.68 Å². The number of H-pyrrole nitrogens is 1. The van der Waals surface area contributed by atoms with Crippen molar-refractivity contribution in [1.29, 1.82) is 0 Å². The van der Waals surface area contributed by atoms with E-state index in [0.29, 0.717) is 44.0 Å². The van der Waals surface area contributed by atoms with Crippen LogP contribution in [0.1, 0.15) is 43.1 Å². The van der Waals surface area contributed by atoms with Crippen LogP contribution in [0, 0.1) is 5.41 Å². The van der Waals surface area contributed by atoms with Gasteiger partial charge in [0, 0.05) is 44.1 Å². The van der Waals surface area contributed by atoms with E-state index < -0.39 is 0 Å². The topological polar surface area (TPSA) is 78.4 Å². The van der Waals surface area contributed by atoms with Gasteiger partial charge in [0.2, 0.25) is 5.91 Å². The maximum atomic E-state index is 13.1. The van der Waals surface area contributed by atoms with Gasteiger partial charge in [0.05, 0.1) is 5.69 Å². The Bertz CT molecular complexity index is 933. The molecule has 4 rings (SSSR count). The predicted molar refractivity (Wildman–Crippen MR) is 105 cm³/mol. The molecule has 0 radical (unpaired) electrons. The van der Waals surface area contributed by atoms with Gasteiger partial charge in [-0.3, -0.25) is 19.5 Å². The lowest BCUT2D eigenvalue weighted by Crippen LogP contribution is -2.55. The summed E-state index contributed by atoms with van der Waals surface area (Å²) in [6.07, 6.45) is 3.33. The number of carbonyl (C=O) groups excluding carboxylic acids is 2. The molecule has 2 amide bonds. The van der Waals surface area contributed by atoms with Crippen molar-refractivity contribution in [3.63, 3.8) is 0 Å². The number of nitrogens with zero attached hydrogens (tertiary/aromatic N) is 3. The molecule has 2 fully saturated rings. The lowest BCUT2D eigenvalue weighted by Gasteiger charge is -2.48. The van der Waals surface area contributed by atoms with Gasteiger partial charge in [-0.05, 0) is 38.3 Å². The molecule has 3 heterocycles. The minimum absolute atomic E-state index is 0.0277. The average molecular weight is 382 g/mol. The van der Waals surface area contributed by atoms with Gasteiger partial charge in [-0.1, -0.05) is 18.2 Å². The molecule has 2 aromatic rings. The molecule has 28 heavy (non-hydrogen) atoms. The minimum Gasteiger partial charge on any atom is -0.342 e. The third-order valence-electron chi connectivity index (χ3n) is 6.04. The Balaban J connectivity index is 1.54. The highest BCUT2D eigenvalue weighted by molar-refractivity contribution is 5.92. The fourth-order valence-electron chi connectivity index (χ4n) is 4.55. The van der Waals surface area contributed by atoms with Gasteiger partial charge in [-0.2, -0.15) is 0 Å². The van der Waals surface area contributed by atoms with Gasteiger partial charge in [0.15, 0.2) is 0 Å². The van der Waals surface area contributed by atoms with E-state index in [2.05, 4.69) is 5.10 Å². The maximum absolute atomic E-state index is 13.1. The summed E-state index contributed by atoms with van der Waals surface area (Å²) in [5, 5.41) is 2.96. The molecule has 2 aliphatic heterocycles. The summed E-state index contributed by atoms with van der Waals surface area (Å²) in [6, 6.07) is 10.6. The quantitative estimate of drug-likeness (QED) is 0.882. The van der Waals surface area contributed by atoms with Crippen molar-refractivity contribution in [2.24, 2.45) is 5.41 Å². The summed E-state index contributed by atoms with van der Waals surface area (Å²) in [5.74, 6) is 0.0617. The molecule has 1 aromatic heterocycles. The first-order chi connectivity index (χ1) is 13.5. The van der Waals surface area contributed by atoms with Gasteiger partial charge >= 0.3 is 0 Å². The lowest BCUT2D eigenvalue weighted by atomic mass is 9.73. The van der Waals surface area contributed by atoms with E-state index in [1.807, 2.05) is 47.1 Å². The fourth-order valence-corrected chi connectivity index (χ4v) is 4.55. The second kappa shape index (κ2) is 7.30. The molecule has 1 spiro atoms. The molecule has 1 aromatic carbocycles. The summed E-state index contributed by atoms with van der Waals surface area (Å²) in [5.41, 5.74) is 0.734. The van der Waals surface area contributed by atoms with Crippen LogP contribution in [0.15, 0.2) is 41.2 Å². The molecule has 1 atom stereocenters. The van der Waals surface area contributed by atoms with Crippen LogP contribution in [0.5, 0.6) is 0 Å². The molecular weight excluding hydrogens is 356 g/mol. The van der Waals surface area contributed by atoms with E-state index in [0.717, 1.165) is 19.3 Å². The number of amides is 2. The Hall–Kier alpha value is -2.83. The molecule has 0 saturated carbocycles. The number of aromatic amines is 1. The van der Waals surface area contributed by atoms with E-state index in [1.165, 1.54) is 10.7 Å². The maximum Gasteiger partial charge on any atom is 0.271 e. The Morgan fingerprint density at radius 3 is 2.68 bits per heavy atom. The predicted octanol–water partition coefficient (Wildman–Crippen LogP) is 2.03. The number of para-hydroxylation sites is 1. The molecule has 0 unspecified atom stereocenters. The highest BCUT2D eigenvalue weighted by Gasteiger charge is 2.42. The van der Waals surface area contributed by atoms with Crippen molar-refractivity contribution in [2.75, 3.05) is 26.2 Å². The third-order valence-corrected chi connectivity index (χ3v) is 6.04. The van der Waals surface area contributed by atoms with Crippen LogP contribution in [0.4, 0.5) is 0 Å². The van der Waals surface area contributed by atoms with E-state index in [1.54, 1.807) is 0 Å². The van der Waals surface area contributed by atoms with Crippen LogP contribution in [-0.2, 0) is 4.79 Å². The van der Waals surface area contributed by atoms with Crippen molar-refractivity contribution < 1.29 is 9.59 Å². The first kappa shape index (κ1) is 18.5. The number of carbonyl (C=O) groups is 2. The van der Waals surface area contributed by atoms with Crippen molar-refractivity contribution in [1.82, 2.24) is 19.6 Å². The molecule has 7 nitrogen and oxygen atoms in total. The first-order valence-electron chi connectivity index (χ1n) is 9.96. The molecular formula is C21H26N4O3. The summed E-state index contributed by atoms with van der Waals surface area (Å²) >= 11 is 0. The standard InChI is InChI=1S/C21H26N4O3/c1-2-23-14-21(11-9-18(23)26)10-6-12-24(15-21)20(28)17-13-19(27)25(22-17)16-7-4-3-5-8-16/h3-5,7-8,13,22H,2,6,9-12,14-15H2,1H3/t21-/m1/s1. The van der Waals surface area contributed by atoms with Gasteiger partial charge < -0.3 is 9.80 Å². The van der Waals surface area contributed by atoms with Gasteiger partial charge in [0.1, 0.15) is 5.69 Å². The van der Waals surface area contributed by atoms with Crippen LogP contribution in [0.25, 0.3) is 5.69 Å².